The van der Waals surface area contributed by atoms with E-state index in [1.165, 1.54) is 12.1 Å². The maximum Gasteiger partial charge on any atom is 0.145 e. The van der Waals surface area contributed by atoms with E-state index in [9.17, 15) is 4.39 Å². The zero-order valence-electron chi connectivity index (χ0n) is 9.87. The van der Waals surface area contributed by atoms with Crippen LogP contribution in [0.4, 0.5) is 4.39 Å². The molecule has 2 rings (SSSR count). The van der Waals surface area contributed by atoms with Crippen LogP contribution in [0.2, 0.25) is 5.02 Å². The second kappa shape index (κ2) is 6.32. The number of nitrogens with zero attached hydrogens (tertiary/aromatic N) is 1. The van der Waals surface area contributed by atoms with Gasteiger partial charge in [0.1, 0.15) is 18.2 Å². The van der Waals surface area contributed by atoms with E-state index >= 15 is 0 Å². The summed E-state index contributed by atoms with van der Waals surface area (Å²) in [6, 6.07) is 6.37. The molecule has 0 radical (unpaired) electrons. The third kappa shape index (κ3) is 3.43. The standard InChI is InChI=1S/C13H11BrClFN2O/c14-9-4-10(15)11(16)5-13(9)19-7-8-2-1-3-18-12(8)6-17/h1-5H,6-7,17H2. The van der Waals surface area contributed by atoms with Gasteiger partial charge in [0.2, 0.25) is 0 Å². The summed E-state index contributed by atoms with van der Waals surface area (Å²) in [7, 11) is 0. The number of hydrogen-bond donors (Lipinski definition) is 1. The minimum atomic E-state index is -0.523. The topological polar surface area (TPSA) is 48.1 Å². The molecule has 0 saturated carbocycles. The second-order valence-corrected chi connectivity index (χ2v) is 5.06. The van der Waals surface area contributed by atoms with Crippen LogP contribution < -0.4 is 10.5 Å². The van der Waals surface area contributed by atoms with Crippen LogP contribution in [0.1, 0.15) is 11.3 Å². The molecule has 3 nitrogen and oxygen atoms in total. The van der Waals surface area contributed by atoms with E-state index in [0.717, 1.165) is 11.3 Å². The molecule has 2 N–H and O–H groups in total. The summed E-state index contributed by atoms with van der Waals surface area (Å²) in [5.74, 6) is -0.140. The van der Waals surface area contributed by atoms with Crippen molar-refractivity contribution in [2.24, 2.45) is 5.73 Å². The fraction of sp³-hybridized carbons (Fsp3) is 0.154. The summed E-state index contributed by atoms with van der Waals surface area (Å²) in [6.07, 6.45) is 1.67. The Morgan fingerprint density at radius 2 is 2.21 bits per heavy atom. The summed E-state index contributed by atoms with van der Waals surface area (Å²) >= 11 is 8.94. The number of hydrogen-bond acceptors (Lipinski definition) is 3. The van der Waals surface area contributed by atoms with Crippen LogP contribution in [-0.4, -0.2) is 4.98 Å². The molecule has 100 valence electrons. The van der Waals surface area contributed by atoms with Crippen LogP contribution in [-0.2, 0) is 13.2 Å². The van der Waals surface area contributed by atoms with E-state index < -0.39 is 5.82 Å². The van der Waals surface area contributed by atoms with E-state index in [0.29, 0.717) is 16.8 Å². The van der Waals surface area contributed by atoms with Crippen molar-refractivity contribution in [2.75, 3.05) is 0 Å². The Morgan fingerprint density at radius 3 is 2.95 bits per heavy atom. The van der Waals surface area contributed by atoms with Gasteiger partial charge in [-0.25, -0.2) is 4.39 Å². The van der Waals surface area contributed by atoms with Crippen LogP contribution in [0.3, 0.4) is 0 Å². The first kappa shape index (κ1) is 14.2. The molecule has 0 atom stereocenters. The second-order valence-electron chi connectivity index (χ2n) is 3.80. The van der Waals surface area contributed by atoms with E-state index in [1.807, 2.05) is 6.07 Å². The van der Waals surface area contributed by atoms with Crippen molar-refractivity contribution in [3.63, 3.8) is 0 Å². The number of benzene rings is 1. The normalized spacial score (nSPS) is 10.5. The molecule has 0 amide bonds. The first-order valence-electron chi connectivity index (χ1n) is 5.52. The van der Waals surface area contributed by atoms with Crippen LogP contribution in [0, 0.1) is 5.82 Å². The lowest BCUT2D eigenvalue weighted by Crippen LogP contribution is -2.07. The first-order chi connectivity index (χ1) is 9.11. The van der Waals surface area contributed by atoms with Gasteiger partial charge in [-0.1, -0.05) is 17.7 Å². The van der Waals surface area contributed by atoms with Gasteiger partial charge >= 0.3 is 0 Å². The molecule has 1 aromatic carbocycles. The van der Waals surface area contributed by atoms with E-state index in [2.05, 4.69) is 20.9 Å². The van der Waals surface area contributed by atoms with Crippen molar-refractivity contribution < 1.29 is 9.13 Å². The molecule has 2 aromatic rings. The van der Waals surface area contributed by atoms with Crippen molar-refractivity contribution in [3.8, 4) is 5.75 Å². The van der Waals surface area contributed by atoms with Gasteiger partial charge in [0.15, 0.2) is 0 Å². The highest BCUT2D eigenvalue weighted by Gasteiger charge is 2.09. The van der Waals surface area contributed by atoms with E-state index in [1.54, 1.807) is 12.3 Å². The van der Waals surface area contributed by atoms with Gasteiger partial charge in [-0.3, -0.25) is 4.98 Å². The maximum atomic E-state index is 13.4. The predicted octanol–water partition coefficient (Wildman–Crippen LogP) is 3.67. The van der Waals surface area contributed by atoms with Gasteiger partial charge in [0.05, 0.1) is 15.2 Å². The molecular formula is C13H11BrClFN2O. The number of nitrogens with two attached hydrogens (primary N) is 1. The molecule has 0 fully saturated rings. The number of rotatable bonds is 4. The summed E-state index contributed by atoms with van der Waals surface area (Å²) < 4.78 is 19.5. The van der Waals surface area contributed by atoms with Crippen molar-refractivity contribution in [1.82, 2.24) is 4.98 Å². The molecule has 19 heavy (non-hydrogen) atoms. The highest BCUT2D eigenvalue weighted by Crippen LogP contribution is 2.31. The number of ether oxygens (including phenoxy) is 1. The molecule has 0 aliphatic carbocycles. The van der Waals surface area contributed by atoms with Crippen molar-refractivity contribution in [2.45, 2.75) is 13.2 Å². The highest BCUT2D eigenvalue weighted by molar-refractivity contribution is 9.10. The average molecular weight is 346 g/mol. The molecule has 1 aromatic heterocycles. The Kier molecular flexibility index (Phi) is 4.74. The molecule has 6 heteroatoms. The summed E-state index contributed by atoms with van der Waals surface area (Å²) in [5.41, 5.74) is 7.21. The third-order valence-electron chi connectivity index (χ3n) is 2.54. The molecule has 1 heterocycles. The molecular weight excluding hydrogens is 335 g/mol. The molecule has 0 bridgehead atoms. The van der Waals surface area contributed by atoms with Crippen LogP contribution >= 0.6 is 27.5 Å². The lowest BCUT2D eigenvalue weighted by molar-refractivity contribution is 0.301. The van der Waals surface area contributed by atoms with Crippen molar-refractivity contribution in [3.05, 3.63) is 57.0 Å². The lowest BCUT2D eigenvalue weighted by atomic mass is 10.2. The van der Waals surface area contributed by atoms with Gasteiger partial charge in [0.25, 0.3) is 0 Å². The minimum Gasteiger partial charge on any atom is -0.488 e. The summed E-state index contributed by atoms with van der Waals surface area (Å²) in [6.45, 7) is 0.593. The minimum absolute atomic E-state index is 0.0447. The Balaban J connectivity index is 2.17. The molecule has 0 unspecified atom stereocenters. The van der Waals surface area contributed by atoms with Crippen molar-refractivity contribution >= 4 is 27.5 Å². The Hall–Kier alpha value is -1.17. The molecule has 0 aliphatic rings. The molecule has 0 saturated heterocycles. The number of aromatic nitrogens is 1. The Labute approximate surface area is 123 Å². The van der Waals surface area contributed by atoms with Gasteiger partial charge in [0, 0.05) is 24.4 Å². The fourth-order valence-corrected chi connectivity index (χ4v) is 2.31. The zero-order chi connectivity index (χ0) is 13.8. The van der Waals surface area contributed by atoms with Gasteiger partial charge < -0.3 is 10.5 Å². The van der Waals surface area contributed by atoms with E-state index in [4.69, 9.17) is 22.1 Å². The Bertz CT molecular complexity index is 595. The maximum absolute atomic E-state index is 13.4. The lowest BCUT2D eigenvalue weighted by Gasteiger charge is -2.11. The van der Waals surface area contributed by atoms with E-state index in [-0.39, 0.29) is 11.6 Å². The average Bonchev–Trinajstić information content (AvgIpc) is 2.41. The molecule has 0 spiro atoms. The summed E-state index contributed by atoms with van der Waals surface area (Å²) in [4.78, 5) is 4.15. The quantitative estimate of drug-likeness (QED) is 0.860. The van der Waals surface area contributed by atoms with Crippen molar-refractivity contribution in [1.29, 1.82) is 0 Å². The van der Waals surface area contributed by atoms with Gasteiger partial charge in [-0.05, 0) is 28.1 Å². The van der Waals surface area contributed by atoms with Gasteiger partial charge in [-0.15, -0.1) is 0 Å². The third-order valence-corrected chi connectivity index (χ3v) is 3.45. The summed E-state index contributed by atoms with van der Waals surface area (Å²) in [5, 5.41) is 0.0447. The van der Waals surface area contributed by atoms with Crippen LogP contribution in [0.25, 0.3) is 0 Å². The van der Waals surface area contributed by atoms with Gasteiger partial charge in [-0.2, -0.15) is 0 Å². The first-order valence-corrected chi connectivity index (χ1v) is 6.69. The highest BCUT2D eigenvalue weighted by atomic mass is 79.9. The zero-order valence-corrected chi connectivity index (χ0v) is 12.2. The number of pyridine rings is 1. The SMILES string of the molecule is NCc1ncccc1COc1cc(F)c(Cl)cc1Br. The molecule has 0 aliphatic heterocycles. The fourth-order valence-electron chi connectivity index (χ4n) is 1.56. The smallest absolute Gasteiger partial charge is 0.145 e. The predicted molar refractivity (Wildman–Crippen MR) is 75.6 cm³/mol. The number of halogens is 3. The Morgan fingerprint density at radius 1 is 1.42 bits per heavy atom. The largest absolute Gasteiger partial charge is 0.488 e. The van der Waals surface area contributed by atoms with Crippen LogP contribution in [0.15, 0.2) is 34.9 Å². The monoisotopic (exact) mass is 344 g/mol. The van der Waals surface area contributed by atoms with Crippen LogP contribution in [0.5, 0.6) is 5.75 Å².